The molecule has 1 N–H and O–H groups in total. The van der Waals surface area contributed by atoms with E-state index in [1.54, 1.807) is 6.92 Å². The zero-order valence-electron chi connectivity index (χ0n) is 19.9. The second kappa shape index (κ2) is 10.3. The van der Waals surface area contributed by atoms with Gasteiger partial charge in [0.15, 0.2) is 23.2 Å². The fourth-order valence-electron chi connectivity index (χ4n) is 4.88. The van der Waals surface area contributed by atoms with Crippen LogP contribution in [0.2, 0.25) is 0 Å². The Morgan fingerprint density at radius 2 is 1.97 bits per heavy atom. The lowest BCUT2D eigenvalue weighted by Gasteiger charge is -2.34. The van der Waals surface area contributed by atoms with Crippen LogP contribution >= 0.6 is 0 Å². The topological polar surface area (TPSA) is 79.8 Å². The molecule has 8 nitrogen and oxygen atoms in total. The van der Waals surface area contributed by atoms with Crippen LogP contribution in [0.1, 0.15) is 44.0 Å². The number of fused-ring (bicyclic) bond motifs is 1. The predicted octanol–water partition coefficient (Wildman–Crippen LogP) is 3.30. The second-order valence-corrected chi connectivity index (χ2v) is 9.42. The van der Waals surface area contributed by atoms with Crippen LogP contribution in [0.5, 0.6) is 5.75 Å². The molecule has 35 heavy (non-hydrogen) atoms. The molecule has 188 valence electrons. The van der Waals surface area contributed by atoms with Gasteiger partial charge in [-0.1, -0.05) is 0 Å². The normalized spacial score (nSPS) is 20.9. The van der Waals surface area contributed by atoms with Crippen molar-refractivity contribution in [1.82, 2.24) is 14.9 Å². The van der Waals surface area contributed by atoms with E-state index >= 15 is 0 Å². The Morgan fingerprint density at radius 1 is 1.14 bits per heavy atom. The average molecular weight is 488 g/mol. The molecule has 1 aromatic heterocycles. The maximum absolute atomic E-state index is 14.0. The third-order valence-corrected chi connectivity index (χ3v) is 6.86. The smallest absolute Gasteiger partial charge is 0.219 e. The minimum absolute atomic E-state index is 0.0436. The standard InChI is InChI=1S/C25H31F2N5O3/c1-16(33)32-9-2-3-21-22(14-32)29-24(28-18-8-12-34-15-18)25(30-21)31-10-6-19(7-11-31)35-23-5-4-17(26)13-20(23)27/h4-5,13,18-19H,2-3,6-12,14-15H2,1H3,(H,28,29)/t18-/m1/s1. The molecule has 5 rings (SSSR count). The van der Waals surface area contributed by atoms with Gasteiger partial charge in [0.1, 0.15) is 11.9 Å². The van der Waals surface area contributed by atoms with E-state index < -0.39 is 11.6 Å². The number of aryl methyl sites for hydroxylation is 1. The highest BCUT2D eigenvalue weighted by molar-refractivity contribution is 5.73. The summed E-state index contributed by atoms with van der Waals surface area (Å²) >= 11 is 0. The van der Waals surface area contributed by atoms with Crippen molar-refractivity contribution in [2.24, 2.45) is 0 Å². The number of aromatic nitrogens is 2. The van der Waals surface area contributed by atoms with Gasteiger partial charge < -0.3 is 24.6 Å². The third kappa shape index (κ3) is 5.47. The molecule has 3 aliphatic rings. The number of halogens is 2. The van der Waals surface area contributed by atoms with Crippen LogP contribution in [-0.4, -0.2) is 65.8 Å². The zero-order chi connectivity index (χ0) is 24.4. The van der Waals surface area contributed by atoms with Crippen molar-refractivity contribution in [3.8, 4) is 5.75 Å². The monoisotopic (exact) mass is 487 g/mol. The molecule has 10 heteroatoms. The molecule has 0 radical (unpaired) electrons. The molecule has 0 unspecified atom stereocenters. The lowest BCUT2D eigenvalue weighted by molar-refractivity contribution is -0.129. The molecule has 3 aliphatic heterocycles. The molecule has 4 heterocycles. The van der Waals surface area contributed by atoms with Gasteiger partial charge in [-0.15, -0.1) is 0 Å². The molecule has 0 spiro atoms. The fraction of sp³-hybridized carbons (Fsp3) is 0.560. The van der Waals surface area contributed by atoms with E-state index in [9.17, 15) is 13.6 Å². The third-order valence-electron chi connectivity index (χ3n) is 6.86. The number of carbonyl (C=O) groups is 1. The number of ether oxygens (including phenoxy) is 2. The number of nitrogens with zero attached hydrogens (tertiary/aromatic N) is 4. The summed E-state index contributed by atoms with van der Waals surface area (Å²) in [7, 11) is 0. The van der Waals surface area contributed by atoms with Crippen LogP contribution in [0.15, 0.2) is 18.2 Å². The van der Waals surface area contributed by atoms with E-state index in [1.165, 1.54) is 12.1 Å². The largest absolute Gasteiger partial charge is 0.487 e. The van der Waals surface area contributed by atoms with Crippen molar-refractivity contribution in [2.45, 2.75) is 57.7 Å². The van der Waals surface area contributed by atoms with Crippen molar-refractivity contribution >= 4 is 17.5 Å². The van der Waals surface area contributed by atoms with Gasteiger partial charge in [0.05, 0.1) is 30.6 Å². The summed E-state index contributed by atoms with van der Waals surface area (Å²) in [5, 5.41) is 3.53. The average Bonchev–Trinajstić information content (AvgIpc) is 3.25. The Balaban J connectivity index is 1.34. The van der Waals surface area contributed by atoms with Crippen LogP contribution in [-0.2, 0) is 22.5 Å². The second-order valence-electron chi connectivity index (χ2n) is 9.42. The van der Waals surface area contributed by atoms with E-state index in [1.807, 2.05) is 4.90 Å². The van der Waals surface area contributed by atoms with E-state index in [4.69, 9.17) is 19.4 Å². The summed E-state index contributed by atoms with van der Waals surface area (Å²) < 4.78 is 38.6. The number of hydrogen-bond acceptors (Lipinski definition) is 7. The summed E-state index contributed by atoms with van der Waals surface area (Å²) in [6, 6.07) is 3.55. The Kier molecular flexibility index (Phi) is 6.99. The number of piperidine rings is 1. The summed E-state index contributed by atoms with van der Waals surface area (Å²) in [5.74, 6) is 0.335. The number of benzene rings is 1. The first-order valence-electron chi connectivity index (χ1n) is 12.3. The maximum atomic E-state index is 14.0. The van der Waals surface area contributed by atoms with Crippen LogP contribution in [0.25, 0.3) is 0 Å². The molecule has 1 aromatic carbocycles. The van der Waals surface area contributed by atoms with Gasteiger partial charge in [0.25, 0.3) is 0 Å². The number of anilines is 2. The number of nitrogens with one attached hydrogen (secondary N) is 1. The zero-order valence-corrected chi connectivity index (χ0v) is 19.9. The predicted molar refractivity (Wildman–Crippen MR) is 127 cm³/mol. The highest BCUT2D eigenvalue weighted by atomic mass is 19.1. The molecule has 2 aromatic rings. The van der Waals surface area contributed by atoms with E-state index in [-0.39, 0.29) is 23.8 Å². The quantitative estimate of drug-likeness (QED) is 0.693. The minimum atomic E-state index is -0.686. The van der Waals surface area contributed by atoms with Gasteiger partial charge in [-0.2, -0.15) is 0 Å². The molecule has 2 fully saturated rings. The van der Waals surface area contributed by atoms with Gasteiger partial charge in [0.2, 0.25) is 5.91 Å². The van der Waals surface area contributed by atoms with Crippen molar-refractivity contribution in [2.75, 3.05) is 43.1 Å². The lowest BCUT2D eigenvalue weighted by Crippen LogP contribution is -2.40. The Labute approximate surface area is 203 Å². The van der Waals surface area contributed by atoms with Gasteiger partial charge in [-0.05, 0) is 31.4 Å². The Hall–Kier alpha value is -3.01. The summed E-state index contributed by atoms with van der Waals surface area (Å²) in [6.07, 6.45) is 3.72. The summed E-state index contributed by atoms with van der Waals surface area (Å²) in [4.78, 5) is 26.1. The summed E-state index contributed by atoms with van der Waals surface area (Å²) in [5.41, 5.74) is 1.77. The number of hydrogen-bond donors (Lipinski definition) is 1. The Morgan fingerprint density at radius 3 is 2.69 bits per heavy atom. The Bertz CT molecular complexity index is 1070. The maximum Gasteiger partial charge on any atom is 0.219 e. The van der Waals surface area contributed by atoms with E-state index in [0.717, 1.165) is 42.5 Å². The first kappa shape index (κ1) is 23.7. The van der Waals surface area contributed by atoms with Crippen molar-refractivity contribution in [1.29, 1.82) is 0 Å². The van der Waals surface area contributed by atoms with Crippen molar-refractivity contribution < 1.29 is 23.0 Å². The van der Waals surface area contributed by atoms with Gasteiger partial charge in [0, 0.05) is 52.1 Å². The molecule has 0 saturated carbocycles. The molecular weight excluding hydrogens is 456 g/mol. The van der Waals surface area contributed by atoms with Crippen LogP contribution in [0, 0.1) is 11.6 Å². The molecule has 2 saturated heterocycles. The SMILES string of the molecule is CC(=O)N1CCCc2nc(N3CCC(Oc4ccc(F)cc4F)CC3)c(N[C@@H]3CCOC3)nc2C1. The van der Waals surface area contributed by atoms with Gasteiger partial charge in [-0.3, -0.25) is 4.79 Å². The molecular formula is C25H31F2N5O3. The first-order chi connectivity index (χ1) is 17.0. The summed E-state index contributed by atoms with van der Waals surface area (Å²) in [6.45, 7) is 5.44. The van der Waals surface area contributed by atoms with Crippen LogP contribution < -0.4 is 15.0 Å². The van der Waals surface area contributed by atoms with Gasteiger partial charge in [-0.25, -0.2) is 18.7 Å². The fourth-order valence-corrected chi connectivity index (χ4v) is 4.88. The highest BCUT2D eigenvalue weighted by Crippen LogP contribution is 2.31. The van der Waals surface area contributed by atoms with E-state index in [0.29, 0.717) is 58.1 Å². The lowest BCUT2D eigenvalue weighted by atomic mass is 10.1. The van der Waals surface area contributed by atoms with Crippen molar-refractivity contribution in [3.63, 3.8) is 0 Å². The van der Waals surface area contributed by atoms with Gasteiger partial charge >= 0.3 is 0 Å². The molecule has 0 aliphatic carbocycles. The molecule has 1 amide bonds. The van der Waals surface area contributed by atoms with E-state index in [2.05, 4.69) is 10.2 Å². The van der Waals surface area contributed by atoms with Crippen LogP contribution in [0.3, 0.4) is 0 Å². The minimum Gasteiger partial charge on any atom is -0.487 e. The number of amides is 1. The van der Waals surface area contributed by atoms with Crippen molar-refractivity contribution in [3.05, 3.63) is 41.2 Å². The molecule has 0 bridgehead atoms. The number of rotatable bonds is 5. The first-order valence-corrected chi connectivity index (χ1v) is 12.3. The van der Waals surface area contributed by atoms with Crippen LogP contribution in [0.4, 0.5) is 20.4 Å². The highest BCUT2D eigenvalue weighted by Gasteiger charge is 2.29. The number of carbonyl (C=O) groups excluding carboxylic acids is 1. The molecule has 1 atom stereocenters.